The van der Waals surface area contributed by atoms with Crippen LogP contribution in [0.25, 0.3) is 0 Å². The van der Waals surface area contributed by atoms with Gasteiger partial charge < -0.3 is 9.30 Å². The monoisotopic (exact) mass is 360 g/mol. The third kappa shape index (κ3) is 6.28. The molecule has 0 saturated carbocycles. The van der Waals surface area contributed by atoms with Gasteiger partial charge in [0.1, 0.15) is 0 Å². The number of rotatable bonds is 6. The van der Waals surface area contributed by atoms with Crippen molar-refractivity contribution < 1.29 is 14.1 Å². The molecular formula is C19H21O3PS. The highest BCUT2D eigenvalue weighted by atomic mass is 32.2. The number of thioether (sulfide) groups is 1. The van der Waals surface area contributed by atoms with Crippen LogP contribution in [-0.2, 0) is 14.1 Å². The zero-order chi connectivity index (χ0) is 18.2. The summed E-state index contributed by atoms with van der Waals surface area (Å²) in [6.45, 7) is 11.2. The summed E-state index contributed by atoms with van der Waals surface area (Å²) < 4.78 is 18.1. The summed E-state index contributed by atoms with van der Waals surface area (Å²) in [5.74, 6) is 4.21. The zero-order valence-electron chi connectivity index (χ0n) is 14.2. The van der Waals surface area contributed by atoms with Gasteiger partial charge in [0, 0.05) is 16.0 Å². The summed E-state index contributed by atoms with van der Waals surface area (Å²) >= 11 is 1.24. The molecular weight excluding hydrogens is 339 g/mol. The van der Waals surface area contributed by atoms with Crippen LogP contribution in [0.3, 0.4) is 0 Å². The average Bonchev–Trinajstić information content (AvgIpc) is 2.57. The molecule has 0 aliphatic carbocycles. The Hall–Kier alpha value is -1.95. The first kappa shape index (κ1) is 20.1. The Morgan fingerprint density at radius 1 is 1.29 bits per heavy atom. The molecule has 0 radical (unpaired) electrons. The van der Waals surface area contributed by atoms with Crippen molar-refractivity contribution >= 4 is 30.2 Å². The maximum absolute atomic E-state index is 13.5. The van der Waals surface area contributed by atoms with E-state index in [-0.39, 0.29) is 11.7 Å². The third-order valence-corrected chi connectivity index (χ3v) is 6.33. The van der Waals surface area contributed by atoms with Crippen molar-refractivity contribution in [1.29, 1.82) is 0 Å². The Kier molecular flexibility index (Phi) is 7.85. The van der Waals surface area contributed by atoms with E-state index in [4.69, 9.17) is 0 Å². The van der Waals surface area contributed by atoms with Gasteiger partial charge in [0.25, 0.3) is 0 Å². The lowest BCUT2D eigenvalue weighted by atomic mass is 10.3. The fraction of sp³-hybridized carbons (Fsp3) is 0.211. The van der Waals surface area contributed by atoms with Gasteiger partial charge in [-0.25, -0.2) is 0 Å². The van der Waals surface area contributed by atoms with Gasteiger partial charge in [0.15, 0.2) is 0 Å². The van der Waals surface area contributed by atoms with Gasteiger partial charge in [0.05, 0.1) is 12.9 Å². The predicted molar refractivity (Wildman–Crippen MR) is 104 cm³/mol. The number of ether oxygens (including phenoxy) is 1. The van der Waals surface area contributed by atoms with Gasteiger partial charge in [-0.2, -0.15) is 0 Å². The molecule has 5 heteroatoms. The van der Waals surface area contributed by atoms with Crippen molar-refractivity contribution in [1.82, 2.24) is 0 Å². The first-order valence-electron chi connectivity index (χ1n) is 7.21. The van der Waals surface area contributed by atoms with E-state index in [2.05, 4.69) is 29.5 Å². The first-order chi connectivity index (χ1) is 11.3. The van der Waals surface area contributed by atoms with Crippen molar-refractivity contribution in [3.05, 3.63) is 65.4 Å². The Morgan fingerprint density at radius 3 is 2.42 bits per heavy atom. The van der Waals surface area contributed by atoms with Gasteiger partial charge >= 0.3 is 5.97 Å². The van der Waals surface area contributed by atoms with E-state index in [1.54, 1.807) is 31.8 Å². The largest absolute Gasteiger partial charge is 0.468 e. The molecule has 0 saturated heterocycles. The number of carbonyl (C=O) groups is 1. The van der Waals surface area contributed by atoms with Gasteiger partial charge in [0.2, 0.25) is 7.14 Å². The number of benzene rings is 1. The van der Waals surface area contributed by atoms with Crippen LogP contribution in [-0.4, -0.2) is 18.8 Å². The summed E-state index contributed by atoms with van der Waals surface area (Å²) in [6, 6.07) is 9.06. The van der Waals surface area contributed by atoms with Crippen molar-refractivity contribution in [3.63, 3.8) is 0 Å². The quantitative estimate of drug-likeness (QED) is 0.323. The van der Waals surface area contributed by atoms with E-state index in [1.807, 2.05) is 18.2 Å². The molecule has 3 nitrogen and oxygen atoms in total. The molecule has 0 aromatic heterocycles. The van der Waals surface area contributed by atoms with Crippen LogP contribution in [0, 0.1) is 11.6 Å². The molecule has 0 bridgehead atoms. The maximum Gasteiger partial charge on any atom is 0.315 e. The highest BCUT2D eigenvalue weighted by Gasteiger charge is 2.21. The average molecular weight is 360 g/mol. The molecule has 0 aliphatic heterocycles. The molecule has 0 aliphatic rings. The SMILES string of the molecule is C=C(C)C#C[P@](=O)(/C=C(\SCC(=O)OC)C(=C)C)c1ccccc1. The van der Waals surface area contributed by atoms with Gasteiger partial charge in [-0.05, 0) is 30.7 Å². The summed E-state index contributed by atoms with van der Waals surface area (Å²) in [7, 11) is -1.79. The van der Waals surface area contributed by atoms with Gasteiger partial charge in [-0.15, -0.1) is 11.8 Å². The van der Waals surface area contributed by atoms with E-state index >= 15 is 0 Å². The van der Waals surface area contributed by atoms with Gasteiger partial charge in [-0.3, -0.25) is 4.79 Å². The smallest absolute Gasteiger partial charge is 0.315 e. The van der Waals surface area contributed by atoms with Crippen LogP contribution in [0.5, 0.6) is 0 Å². The molecule has 126 valence electrons. The van der Waals surface area contributed by atoms with E-state index in [0.717, 1.165) is 5.57 Å². The van der Waals surface area contributed by atoms with Crippen LogP contribution in [0.15, 0.2) is 65.4 Å². The molecule has 1 atom stereocenters. The van der Waals surface area contributed by atoms with Crippen molar-refractivity contribution in [2.75, 3.05) is 12.9 Å². The standard InChI is InChI=1S/C19H21O3PS/c1-15(2)11-12-23(21,17-9-7-6-8-10-17)13-18(16(3)4)24-14-19(20)22-5/h6-10,13H,1,3,14H2,2,4-5H3/b18-13-/t23-/m0/s1. The normalized spacial score (nSPS) is 13.2. The molecule has 1 rings (SSSR count). The molecule has 1 aromatic carbocycles. The van der Waals surface area contributed by atoms with E-state index < -0.39 is 7.14 Å². The second-order valence-corrected chi connectivity index (χ2v) is 8.48. The first-order valence-corrected chi connectivity index (χ1v) is 9.97. The second-order valence-electron chi connectivity index (χ2n) is 5.15. The fourth-order valence-corrected chi connectivity index (χ4v) is 4.88. The molecule has 0 N–H and O–H groups in total. The molecule has 0 spiro atoms. The van der Waals surface area contributed by atoms with Crippen molar-refractivity contribution in [2.24, 2.45) is 0 Å². The van der Waals surface area contributed by atoms with Crippen LogP contribution in [0.4, 0.5) is 0 Å². The lowest BCUT2D eigenvalue weighted by molar-refractivity contribution is -0.137. The van der Waals surface area contributed by atoms with E-state index in [0.29, 0.717) is 15.8 Å². The molecule has 0 fully saturated rings. The Morgan fingerprint density at radius 2 is 1.92 bits per heavy atom. The second kappa shape index (κ2) is 9.37. The number of allylic oxidation sites excluding steroid dienone is 2. The summed E-state index contributed by atoms with van der Waals surface area (Å²) in [5.41, 5.74) is 4.22. The zero-order valence-corrected chi connectivity index (χ0v) is 15.9. The van der Waals surface area contributed by atoms with Crippen LogP contribution >= 0.6 is 18.9 Å². The summed E-state index contributed by atoms with van der Waals surface area (Å²) in [5, 5.41) is 0.635. The van der Waals surface area contributed by atoms with Crippen LogP contribution in [0.2, 0.25) is 0 Å². The molecule has 0 unspecified atom stereocenters. The molecule has 24 heavy (non-hydrogen) atoms. The Bertz CT molecular complexity index is 767. The number of methoxy groups -OCH3 is 1. The summed E-state index contributed by atoms with van der Waals surface area (Å²) in [6.07, 6.45) is 0. The van der Waals surface area contributed by atoms with Crippen LogP contribution in [0.1, 0.15) is 13.8 Å². The molecule has 0 heterocycles. The third-order valence-electron chi connectivity index (χ3n) is 2.87. The Balaban J connectivity index is 3.34. The van der Waals surface area contributed by atoms with Crippen molar-refractivity contribution in [2.45, 2.75) is 13.8 Å². The van der Waals surface area contributed by atoms with E-state index in [1.165, 1.54) is 18.9 Å². The minimum Gasteiger partial charge on any atom is -0.468 e. The van der Waals surface area contributed by atoms with E-state index in [9.17, 15) is 9.36 Å². The lowest BCUT2D eigenvalue weighted by Gasteiger charge is -2.12. The molecule has 0 amide bonds. The lowest BCUT2D eigenvalue weighted by Crippen LogP contribution is -2.04. The maximum atomic E-state index is 13.5. The fourth-order valence-electron chi connectivity index (χ4n) is 1.63. The minimum absolute atomic E-state index is 0.123. The highest BCUT2D eigenvalue weighted by molar-refractivity contribution is 8.04. The molecule has 1 aromatic rings. The van der Waals surface area contributed by atoms with Crippen molar-refractivity contribution in [3.8, 4) is 11.6 Å². The summed E-state index contributed by atoms with van der Waals surface area (Å²) in [4.78, 5) is 12.1. The Labute approximate surface area is 148 Å². The number of hydrogen-bond acceptors (Lipinski definition) is 4. The van der Waals surface area contributed by atoms with Gasteiger partial charge in [-0.1, -0.05) is 49.4 Å². The minimum atomic E-state index is -3.12. The number of esters is 1. The topological polar surface area (TPSA) is 43.4 Å². The number of carbonyl (C=O) groups excluding carboxylic acids is 1. The van der Waals surface area contributed by atoms with Crippen LogP contribution < -0.4 is 5.30 Å². The predicted octanol–water partition coefficient (Wildman–Crippen LogP) is 4.54. The number of hydrogen-bond donors (Lipinski definition) is 0. The highest BCUT2D eigenvalue weighted by Crippen LogP contribution is 2.48.